The maximum atomic E-state index is 6.22. The molecule has 0 radical (unpaired) electrons. The Balaban J connectivity index is 1.57. The highest BCUT2D eigenvalue weighted by Crippen LogP contribution is 2.31. The Labute approximate surface area is 177 Å². The number of benzene rings is 2. The van der Waals surface area contributed by atoms with E-state index in [1.807, 2.05) is 30.3 Å². The molecule has 3 rings (SSSR count). The third-order valence-electron chi connectivity index (χ3n) is 5.28. The van der Waals surface area contributed by atoms with Gasteiger partial charge in [0.05, 0.1) is 7.11 Å². The molecule has 0 saturated carbocycles. The van der Waals surface area contributed by atoms with Gasteiger partial charge in [-0.3, -0.25) is 4.90 Å². The number of halogens is 2. The second-order valence-electron chi connectivity index (χ2n) is 7.03. The molecule has 1 atom stereocenters. The smallest absolute Gasteiger partial charge is 0.161 e. The van der Waals surface area contributed by atoms with Crippen molar-refractivity contribution in [2.75, 3.05) is 26.7 Å². The molecular weight excluding hydrogens is 395 g/mol. The Morgan fingerprint density at radius 1 is 1.14 bits per heavy atom. The summed E-state index contributed by atoms with van der Waals surface area (Å²) in [6.07, 6.45) is 2.58. The first kappa shape index (κ1) is 21.3. The van der Waals surface area contributed by atoms with E-state index in [1.165, 1.54) is 24.9 Å². The number of hydrogen-bond acceptors (Lipinski definition) is 4. The predicted octanol–water partition coefficient (Wildman–Crippen LogP) is 5.15. The average Bonchev–Trinajstić information content (AvgIpc) is 3.15. The van der Waals surface area contributed by atoms with E-state index in [0.717, 1.165) is 25.2 Å². The van der Waals surface area contributed by atoms with Gasteiger partial charge in [0, 0.05) is 34.7 Å². The molecule has 28 heavy (non-hydrogen) atoms. The quantitative estimate of drug-likeness (QED) is 0.605. The largest absolute Gasteiger partial charge is 0.493 e. The summed E-state index contributed by atoms with van der Waals surface area (Å²) in [5.41, 5.74) is 1.94. The van der Waals surface area contributed by atoms with E-state index in [2.05, 4.69) is 23.2 Å². The summed E-state index contributed by atoms with van der Waals surface area (Å²) < 4.78 is 11.4. The van der Waals surface area contributed by atoms with Crippen molar-refractivity contribution < 1.29 is 9.47 Å². The summed E-state index contributed by atoms with van der Waals surface area (Å²) in [7, 11) is 1.65. The van der Waals surface area contributed by atoms with Gasteiger partial charge in [-0.15, -0.1) is 0 Å². The van der Waals surface area contributed by atoms with Crippen LogP contribution in [0.1, 0.15) is 30.9 Å². The molecule has 1 saturated heterocycles. The van der Waals surface area contributed by atoms with Crippen molar-refractivity contribution in [3.05, 3.63) is 57.6 Å². The number of likely N-dealkylation sites (tertiary alicyclic amines) is 1. The Kier molecular flexibility index (Phi) is 7.86. The molecule has 1 aliphatic rings. The third-order valence-corrected chi connectivity index (χ3v) is 5.98. The lowest BCUT2D eigenvalue weighted by molar-refractivity contribution is 0.260. The topological polar surface area (TPSA) is 33.7 Å². The van der Waals surface area contributed by atoms with Gasteiger partial charge in [0.2, 0.25) is 0 Å². The van der Waals surface area contributed by atoms with Crippen LogP contribution < -0.4 is 14.8 Å². The maximum Gasteiger partial charge on any atom is 0.161 e. The molecular formula is C22H28Cl2N2O2. The monoisotopic (exact) mass is 422 g/mol. The summed E-state index contributed by atoms with van der Waals surface area (Å²) in [6.45, 7) is 6.69. The van der Waals surface area contributed by atoms with Crippen LogP contribution >= 0.6 is 23.2 Å². The van der Waals surface area contributed by atoms with Gasteiger partial charge in [0.15, 0.2) is 11.5 Å². The minimum absolute atomic E-state index is 0.293. The first-order valence-electron chi connectivity index (χ1n) is 9.79. The van der Waals surface area contributed by atoms with Crippen LogP contribution in [-0.4, -0.2) is 37.7 Å². The van der Waals surface area contributed by atoms with Crippen LogP contribution in [0.5, 0.6) is 11.5 Å². The van der Waals surface area contributed by atoms with Crippen LogP contribution in [0.3, 0.4) is 0 Å². The summed E-state index contributed by atoms with van der Waals surface area (Å²) in [5.74, 6) is 1.38. The molecule has 1 N–H and O–H groups in total. The molecule has 0 amide bonds. The van der Waals surface area contributed by atoms with Crippen molar-refractivity contribution in [1.82, 2.24) is 10.2 Å². The van der Waals surface area contributed by atoms with Crippen LogP contribution in [-0.2, 0) is 13.2 Å². The molecule has 6 heteroatoms. The molecule has 2 aromatic rings. The van der Waals surface area contributed by atoms with Gasteiger partial charge in [-0.05, 0) is 55.8 Å². The van der Waals surface area contributed by atoms with Gasteiger partial charge in [0.1, 0.15) is 6.61 Å². The zero-order valence-corrected chi connectivity index (χ0v) is 18.0. The fourth-order valence-electron chi connectivity index (χ4n) is 3.69. The van der Waals surface area contributed by atoms with E-state index < -0.39 is 0 Å². The van der Waals surface area contributed by atoms with Gasteiger partial charge in [-0.1, -0.05) is 42.3 Å². The predicted molar refractivity (Wildman–Crippen MR) is 116 cm³/mol. The van der Waals surface area contributed by atoms with Crippen molar-refractivity contribution in [2.24, 2.45) is 0 Å². The highest BCUT2D eigenvalue weighted by molar-refractivity contribution is 6.35. The third kappa shape index (κ3) is 5.32. The standard InChI is InChI=1S/C22H28Cl2N2O2/c1-3-26-11-5-6-17(26)14-25-13-16-9-10-21(22(12-16)27-2)28-15-18-19(23)7-4-8-20(18)24/h4,7-10,12,17,25H,3,5-6,11,13-15H2,1-2H3. The van der Waals surface area contributed by atoms with Crippen LogP contribution in [0, 0.1) is 0 Å². The molecule has 0 aliphatic carbocycles. The molecule has 1 fully saturated rings. The second-order valence-corrected chi connectivity index (χ2v) is 7.84. The highest BCUT2D eigenvalue weighted by Gasteiger charge is 2.22. The van der Waals surface area contributed by atoms with E-state index in [0.29, 0.717) is 34.2 Å². The Bertz CT molecular complexity index is 765. The lowest BCUT2D eigenvalue weighted by Gasteiger charge is -2.23. The number of likely N-dealkylation sites (N-methyl/N-ethyl adjacent to an activating group) is 1. The normalized spacial score (nSPS) is 17.1. The molecule has 152 valence electrons. The van der Waals surface area contributed by atoms with Crippen molar-refractivity contribution in [1.29, 1.82) is 0 Å². The molecule has 4 nitrogen and oxygen atoms in total. The van der Waals surface area contributed by atoms with Crippen LogP contribution in [0.4, 0.5) is 0 Å². The zero-order chi connectivity index (χ0) is 19.9. The number of rotatable bonds is 9. The molecule has 0 aromatic heterocycles. The van der Waals surface area contributed by atoms with E-state index in [1.54, 1.807) is 7.11 Å². The number of nitrogens with one attached hydrogen (secondary N) is 1. The molecule has 1 aliphatic heterocycles. The van der Waals surface area contributed by atoms with E-state index in [4.69, 9.17) is 32.7 Å². The Morgan fingerprint density at radius 3 is 2.64 bits per heavy atom. The summed E-state index contributed by atoms with van der Waals surface area (Å²) in [5, 5.41) is 4.77. The van der Waals surface area contributed by atoms with Crippen molar-refractivity contribution in [3.8, 4) is 11.5 Å². The van der Waals surface area contributed by atoms with Crippen molar-refractivity contribution >= 4 is 23.2 Å². The number of nitrogens with zero attached hydrogens (tertiary/aromatic N) is 1. The van der Waals surface area contributed by atoms with E-state index >= 15 is 0 Å². The minimum atomic E-state index is 0.293. The molecule has 1 heterocycles. The molecule has 0 bridgehead atoms. The first-order chi connectivity index (χ1) is 13.6. The zero-order valence-electron chi connectivity index (χ0n) is 16.5. The maximum absolute atomic E-state index is 6.22. The van der Waals surface area contributed by atoms with Gasteiger partial charge < -0.3 is 14.8 Å². The van der Waals surface area contributed by atoms with Crippen LogP contribution in [0.2, 0.25) is 10.0 Å². The summed E-state index contributed by atoms with van der Waals surface area (Å²) in [6, 6.07) is 12.1. The van der Waals surface area contributed by atoms with E-state index in [-0.39, 0.29) is 0 Å². The number of hydrogen-bond donors (Lipinski definition) is 1. The van der Waals surface area contributed by atoms with Gasteiger partial charge in [-0.2, -0.15) is 0 Å². The first-order valence-corrected chi connectivity index (χ1v) is 10.5. The van der Waals surface area contributed by atoms with Crippen molar-refractivity contribution in [2.45, 2.75) is 39.0 Å². The average molecular weight is 423 g/mol. The fraction of sp³-hybridized carbons (Fsp3) is 0.455. The lowest BCUT2D eigenvalue weighted by Crippen LogP contribution is -2.37. The van der Waals surface area contributed by atoms with Gasteiger partial charge in [-0.25, -0.2) is 0 Å². The highest BCUT2D eigenvalue weighted by atomic mass is 35.5. The Hall–Kier alpha value is -1.46. The van der Waals surface area contributed by atoms with Crippen molar-refractivity contribution in [3.63, 3.8) is 0 Å². The lowest BCUT2D eigenvalue weighted by atomic mass is 10.1. The van der Waals surface area contributed by atoms with E-state index in [9.17, 15) is 0 Å². The Morgan fingerprint density at radius 2 is 1.93 bits per heavy atom. The number of ether oxygens (including phenoxy) is 2. The molecule has 1 unspecified atom stereocenters. The minimum Gasteiger partial charge on any atom is -0.493 e. The second kappa shape index (κ2) is 10.4. The number of methoxy groups -OCH3 is 1. The van der Waals surface area contributed by atoms with Gasteiger partial charge in [0.25, 0.3) is 0 Å². The SMILES string of the molecule is CCN1CCCC1CNCc1ccc(OCc2c(Cl)cccc2Cl)c(OC)c1. The fourth-order valence-corrected chi connectivity index (χ4v) is 4.19. The van der Waals surface area contributed by atoms with Gasteiger partial charge >= 0.3 is 0 Å². The molecule has 2 aromatic carbocycles. The summed E-state index contributed by atoms with van der Waals surface area (Å²) >= 11 is 12.4. The summed E-state index contributed by atoms with van der Waals surface area (Å²) in [4.78, 5) is 2.55. The van der Waals surface area contributed by atoms with Crippen LogP contribution in [0.25, 0.3) is 0 Å². The molecule has 0 spiro atoms. The van der Waals surface area contributed by atoms with Crippen LogP contribution in [0.15, 0.2) is 36.4 Å².